The highest BCUT2D eigenvalue weighted by Gasteiger charge is 2.45. The minimum Gasteiger partial charge on any atom is -0.481 e. The predicted molar refractivity (Wildman–Crippen MR) is 194 cm³/mol. The van der Waals surface area contributed by atoms with Gasteiger partial charge in [0.1, 0.15) is 30.2 Å². The zero-order valence-corrected chi connectivity index (χ0v) is 32.0. The second-order valence-corrected chi connectivity index (χ2v) is 15.5. The van der Waals surface area contributed by atoms with E-state index in [1.54, 1.807) is 0 Å². The SMILES string of the molecule is CCCNC(=O)[C@@H](NC(=O)[C@@H]1CC(O)CN1C(=O)[C@H](CC(=O)O)NC(=O)[C@@H]1CCCCN1C(=O)[C@@H](NC(=O)C[C@H](C)C1CCCCC1)C(C)C)[C@@H](C)O. The van der Waals surface area contributed by atoms with E-state index in [4.69, 9.17) is 0 Å². The Morgan fingerprint density at radius 2 is 1.40 bits per heavy atom. The standard InChI is InChI=1S/C37H62N6O10/c1-6-15-38-35(51)32(23(5)44)41-34(50)28-18-25(45)20-43(28)36(52)26(19-30(47)48)39-33(49)27-14-10-11-16-42(27)37(53)31(21(2)3)40-29(46)17-22(4)24-12-8-7-9-13-24/h21-28,31-32,44-45H,6-20H2,1-5H3,(H,38,51)(H,39,49)(H,40,46)(H,41,50)(H,47,48)/t22-,23+,25?,26-,27-,28-,31-,32-/m0/s1. The van der Waals surface area contributed by atoms with E-state index in [0.717, 1.165) is 30.6 Å². The van der Waals surface area contributed by atoms with Crippen molar-refractivity contribution in [3.05, 3.63) is 0 Å². The first-order valence-electron chi connectivity index (χ1n) is 19.4. The Morgan fingerprint density at radius 1 is 0.755 bits per heavy atom. The number of amides is 6. The number of piperidine rings is 1. The van der Waals surface area contributed by atoms with Gasteiger partial charge in [-0.15, -0.1) is 0 Å². The molecule has 0 aromatic heterocycles. The number of hydrogen-bond acceptors (Lipinski definition) is 9. The van der Waals surface area contributed by atoms with Crippen LogP contribution in [0.25, 0.3) is 0 Å². The van der Waals surface area contributed by atoms with E-state index in [2.05, 4.69) is 28.2 Å². The van der Waals surface area contributed by atoms with E-state index >= 15 is 0 Å². The van der Waals surface area contributed by atoms with E-state index in [1.807, 2.05) is 20.8 Å². The van der Waals surface area contributed by atoms with Crippen molar-refractivity contribution in [2.45, 2.75) is 154 Å². The average molecular weight is 751 g/mol. The van der Waals surface area contributed by atoms with Crippen LogP contribution >= 0.6 is 0 Å². The Bertz CT molecular complexity index is 1300. The number of carboxylic acids is 1. The Morgan fingerprint density at radius 3 is 2.00 bits per heavy atom. The number of carbonyl (C=O) groups is 7. The van der Waals surface area contributed by atoms with Gasteiger partial charge >= 0.3 is 5.97 Å². The summed E-state index contributed by atoms with van der Waals surface area (Å²) in [4.78, 5) is 95.3. The number of carbonyl (C=O) groups excluding carboxylic acids is 6. The largest absolute Gasteiger partial charge is 0.481 e. The van der Waals surface area contributed by atoms with Crippen molar-refractivity contribution >= 4 is 41.4 Å². The van der Waals surface area contributed by atoms with Crippen LogP contribution in [0.2, 0.25) is 0 Å². The fourth-order valence-corrected chi connectivity index (χ4v) is 7.72. The third-order valence-electron chi connectivity index (χ3n) is 10.8. The first-order chi connectivity index (χ1) is 25.0. The van der Waals surface area contributed by atoms with Gasteiger partial charge in [-0.1, -0.05) is 59.8 Å². The molecule has 7 N–H and O–H groups in total. The molecule has 16 heteroatoms. The summed E-state index contributed by atoms with van der Waals surface area (Å²) in [5.41, 5.74) is 0. The van der Waals surface area contributed by atoms with Gasteiger partial charge in [0, 0.05) is 32.5 Å². The lowest BCUT2D eigenvalue weighted by Crippen LogP contribution is -2.61. The Hall–Kier alpha value is -3.79. The van der Waals surface area contributed by atoms with Crippen LogP contribution < -0.4 is 21.3 Å². The third kappa shape index (κ3) is 12.4. The van der Waals surface area contributed by atoms with Crippen LogP contribution in [0.15, 0.2) is 0 Å². The lowest BCUT2D eigenvalue weighted by molar-refractivity contribution is -0.149. The van der Waals surface area contributed by atoms with Gasteiger partial charge < -0.3 is 46.4 Å². The summed E-state index contributed by atoms with van der Waals surface area (Å²) in [5.74, 6) is -4.90. The summed E-state index contributed by atoms with van der Waals surface area (Å²) in [6.45, 7) is 9.03. The minimum absolute atomic E-state index is 0.169. The average Bonchev–Trinajstić information content (AvgIpc) is 3.52. The van der Waals surface area contributed by atoms with Crippen molar-refractivity contribution in [2.24, 2.45) is 17.8 Å². The molecule has 1 saturated carbocycles. The lowest BCUT2D eigenvalue weighted by Gasteiger charge is -2.38. The van der Waals surface area contributed by atoms with Gasteiger partial charge in [0.15, 0.2) is 0 Å². The van der Waals surface area contributed by atoms with Crippen LogP contribution in [0.4, 0.5) is 0 Å². The number of nitrogens with one attached hydrogen (secondary N) is 4. The van der Waals surface area contributed by atoms with Crippen molar-refractivity contribution in [3.63, 3.8) is 0 Å². The van der Waals surface area contributed by atoms with Crippen molar-refractivity contribution in [3.8, 4) is 0 Å². The molecule has 2 heterocycles. The quantitative estimate of drug-likeness (QED) is 0.108. The van der Waals surface area contributed by atoms with E-state index in [0.29, 0.717) is 38.1 Å². The molecule has 1 unspecified atom stereocenters. The summed E-state index contributed by atoms with van der Waals surface area (Å²) < 4.78 is 0. The topological polar surface area (TPSA) is 235 Å². The number of likely N-dealkylation sites (tertiary alicyclic amines) is 2. The van der Waals surface area contributed by atoms with Crippen LogP contribution in [0, 0.1) is 17.8 Å². The van der Waals surface area contributed by atoms with Crippen LogP contribution in [-0.4, -0.2) is 129 Å². The number of aliphatic carboxylic acids is 1. The normalized spacial score (nSPS) is 23.7. The molecule has 300 valence electrons. The van der Waals surface area contributed by atoms with E-state index in [-0.39, 0.29) is 43.7 Å². The number of nitrogens with zero attached hydrogens (tertiary/aromatic N) is 2. The van der Waals surface area contributed by atoms with Gasteiger partial charge in [0.2, 0.25) is 35.4 Å². The highest BCUT2D eigenvalue weighted by molar-refractivity contribution is 5.98. The third-order valence-corrected chi connectivity index (χ3v) is 10.8. The molecule has 0 spiro atoms. The highest BCUT2D eigenvalue weighted by atomic mass is 16.4. The molecule has 2 aliphatic heterocycles. The molecular weight excluding hydrogens is 688 g/mol. The lowest BCUT2D eigenvalue weighted by atomic mass is 9.79. The minimum atomic E-state index is -1.65. The van der Waals surface area contributed by atoms with Crippen molar-refractivity contribution in [1.29, 1.82) is 0 Å². The fraction of sp³-hybridized carbons (Fsp3) is 0.811. The van der Waals surface area contributed by atoms with Gasteiger partial charge in [-0.2, -0.15) is 0 Å². The summed E-state index contributed by atoms with van der Waals surface area (Å²) in [5, 5.41) is 40.9. The number of carboxylic acid groups (broad SMARTS) is 1. The predicted octanol–water partition coefficient (Wildman–Crippen LogP) is 0.428. The number of hydrogen-bond donors (Lipinski definition) is 7. The van der Waals surface area contributed by atoms with Crippen molar-refractivity contribution < 1.29 is 48.9 Å². The summed E-state index contributed by atoms with van der Waals surface area (Å²) in [6, 6.07) is -6.27. The van der Waals surface area contributed by atoms with Gasteiger partial charge in [-0.3, -0.25) is 33.6 Å². The van der Waals surface area contributed by atoms with Crippen LogP contribution in [0.5, 0.6) is 0 Å². The van der Waals surface area contributed by atoms with Gasteiger partial charge in [0.25, 0.3) is 0 Å². The van der Waals surface area contributed by atoms with Gasteiger partial charge in [0.05, 0.1) is 18.6 Å². The molecule has 0 aromatic rings. The maximum absolute atomic E-state index is 14.0. The molecule has 2 saturated heterocycles. The van der Waals surface area contributed by atoms with E-state index < -0.39 is 84.3 Å². The maximum Gasteiger partial charge on any atom is 0.305 e. The second kappa shape index (κ2) is 20.6. The van der Waals surface area contributed by atoms with E-state index in [9.17, 15) is 48.9 Å². The monoisotopic (exact) mass is 750 g/mol. The number of β-amino-alcohol motifs (C(OH)–C–C–N with tert-alkyl or cyclic N) is 1. The van der Waals surface area contributed by atoms with Crippen molar-refractivity contribution in [1.82, 2.24) is 31.1 Å². The first kappa shape index (κ1) is 43.6. The number of aliphatic hydroxyl groups is 2. The van der Waals surface area contributed by atoms with Gasteiger partial charge in [-0.25, -0.2) is 0 Å². The molecule has 0 aromatic carbocycles. The Kier molecular flexibility index (Phi) is 17.0. The number of aliphatic hydroxyl groups excluding tert-OH is 2. The van der Waals surface area contributed by atoms with Gasteiger partial charge in [-0.05, 0) is 50.4 Å². The van der Waals surface area contributed by atoms with E-state index in [1.165, 1.54) is 18.2 Å². The van der Waals surface area contributed by atoms with Crippen molar-refractivity contribution in [2.75, 3.05) is 19.6 Å². The maximum atomic E-state index is 14.0. The van der Waals surface area contributed by atoms with Crippen LogP contribution in [-0.2, 0) is 33.6 Å². The fourth-order valence-electron chi connectivity index (χ4n) is 7.72. The Balaban J connectivity index is 1.75. The molecule has 6 amide bonds. The molecule has 53 heavy (non-hydrogen) atoms. The molecule has 0 bridgehead atoms. The zero-order valence-electron chi connectivity index (χ0n) is 32.0. The molecular formula is C37H62N6O10. The molecule has 3 fully saturated rings. The smallest absolute Gasteiger partial charge is 0.305 e. The van der Waals surface area contributed by atoms with Crippen LogP contribution in [0.3, 0.4) is 0 Å². The molecule has 0 radical (unpaired) electrons. The molecule has 1 aliphatic carbocycles. The second-order valence-electron chi connectivity index (χ2n) is 15.5. The highest BCUT2D eigenvalue weighted by Crippen LogP contribution is 2.31. The van der Waals surface area contributed by atoms with Crippen LogP contribution in [0.1, 0.15) is 112 Å². The zero-order chi connectivity index (χ0) is 39.4. The summed E-state index contributed by atoms with van der Waals surface area (Å²) >= 11 is 0. The Labute approximate surface area is 312 Å². The molecule has 16 nitrogen and oxygen atoms in total. The molecule has 3 aliphatic rings. The molecule has 3 rings (SSSR count). The molecule has 8 atom stereocenters. The number of rotatable bonds is 17. The first-order valence-corrected chi connectivity index (χ1v) is 19.4. The summed E-state index contributed by atoms with van der Waals surface area (Å²) in [6.07, 6.45) is 4.53. The summed E-state index contributed by atoms with van der Waals surface area (Å²) in [7, 11) is 0.